The largest absolute Gasteiger partial charge is 0.317 e. The van der Waals surface area contributed by atoms with Crippen LogP contribution in [0.4, 0.5) is 0 Å². The predicted octanol–water partition coefficient (Wildman–Crippen LogP) is 7.64. The van der Waals surface area contributed by atoms with Crippen molar-refractivity contribution in [2.24, 2.45) is 29.6 Å². The Bertz CT molecular complexity index is 395. The Hall–Kier alpha value is -0.560. The molecule has 0 bridgehead atoms. The van der Waals surface area contributed by atoms with E-state index in [2.05, 4.69) is 86.0 Å². The van der Waals surface area contributed by atoms with Gasteiger partial charge < -0.3 is 5.32 Å². The van der Waals surface area contributed by atoms with Gasteiger partial charge in [-0.15, -0.1) is 0 Å². The standard InChI is InChI=1S/C25H49N/c1-10-13-15-24(20(5)12-3)18-19(4)17-21(6)22(7)25(16-14-11-2)23(8)26-9/h11,14,18,20-26H,10,12-13,15-17H2,1-9H3. The number of hydrogen-bond acceptors (Lipinski definition) is 1. The summed E-state index contributed by atoms with van der Waals surface area (Å²) in [6, 6.07) is 0.561. The number of nitrogens with one attached hydrogen (secondary N) is 1. The molecule has 0 heterocycles. The van der Waals surface area contributed by atoms with E-state index in [9.17, 15) is 0 Å². The molecule has 26 heavy (non-hydrogen) atoms. The van der Waals surface area contributed by atoms with E-state index < -0.39 is 0 Å². The SMILES string of the molecule is CC=CCC(C(C)NC)C(C)C(C)CC(C)=CC(CCCC)C(C)CC. The Balaban J connectivity index is 5.02. The molecule has 0 aliphatic heterocycles. The van der Waals surface area contributed by atoms with Crippen molar-refractivity contribution in [3.05, 3.63) is 23.8 Å². The van der Waals surface area contributed by atoms with Gasteiger partial charge in [-0.2, -0.15) is 0 Å². The third-order valence-electron chi connectivity index (χ3n) is 6.72. The van der Waals surface area contributed by atoms with Crippen molar-refractivity contribution in [1.82, 2.24) is 5.32 Å². The van der Waals surface area contributed by atoms with E-state index in [1.165, 1.54) is 38.5 Å². The quantitative estimate of drug-likeness (QED) is 0.313. The molecule has 0 aliphatic rings. The molecule has 0 aromatic carbocycles. The van der Waals surface area contributed by atoms with E-state index in [1.54, 1.807) is 5.57 Å². The summed E-state index contributed by atoms with van der Waals surface area (Å²) in [5.41, 5.74) is 1.60. The summed E-state index contributed by atoms with van der Waals surface area (Å²) < 4.78 is 0. The first-order chi connectivity index (χ1) is 12.3. The van der Waals surface area contributed by atoms with Gasteiger partial charge in [0.15, 0.2) is 0 Å². The minimum absolute atomic E-state index is 0.561. The highest BCUT2D eigenvalue weighted by Gasteiger charge is 2.26. The number of allylic oxidation sites excluding steroid dienone is 4. The average molecular weight is 364 g/mol. The fraction of sp³-hybridized carbons (Fsp3) is 0.840. The summed E-state index contributed by atoms with van der Waals surface area (Å²) in [6.45, 7) is 18.8. The molecule has 0 aromatic heterocycles. The van der Waals surface area contributed by atoms with Gasteiger partial charge in [-0.3, -0.25) is 0 Å². The molecule has 1 nitrogen and oxygen atoms in total. The zero-order chi connectivity index (χ0) is 20.1. The van der Waals surface area contributed by atoms with Gasteiger partial charge in [-0.05, 0) is 76.7 Å². The lowest BCUT2D eigenvalue weighted by Gasteiger charge is -2.33. The van der Waals surface area contributed by atoms with Crippen LogP contribution in [0.2, 0.25) is 0 Å². The van der Waals surface area contributed by atoms with E-state index in [0.29, 0.717) is 12.0 Å². The summed E-state index contributed by atoms with van der Waals surface area (Å²) >= 11 is 0. The van der Waals surface area contributed by atoms with Gasteiger partial charge in [-0.25, -0.2) is 0 Å². The minimum atomic E-state index is 0.561. The van der Waals surface area contributed by atoms with E-state index in [4.69, 9.17) is 0 Å². The van der Waals surface area contributed by atoms with Crippen molar-refractivity contribution in [1.29, 1.82) is 0 Å². The maximum Gasteiger partial charge on any atom is 0.00696 e. The van der Waals surface area contributed by atoms with Crippen LogP contribution in [0.1, 0.15) is 93.9 Å². The van der Waals surface area contributed by atoms with Crippen molar-refractivity contribution in [2.75, 3.05) is 7.05 Å². The molecule has 0 aromatic rings. The highest BCUT2D eigenvalue weighted by molar-refractivity contribution is 5.04. The van der Waals surface area contributed by atoms with Crippen LogP contribution < -0.4 is 5.32 Å². The minimum Gasteiger partial charge on any atom is -0.317 e. The second-order valence-corrected chi connectivity index (χ2v) is 8.79. The normalized spacial score (nSPS) is 20.0. The van der Waals surface area contributed by atoms with Crippen molar-refractivity contribution in [2.45, 2.75) is 100.0 Å². The molecule has 6 unspecified atom stereocenters. The predicted molar refractivity (Wildman–Crippen MR) is 121 cm³/mol. The molecule has 1 N–H and O–H groups in total. The summed E-state index contributed by atoms with van der Waals surface area (Å²) in [6.07, 6.45) is 14.9. The Morgan fingerprint density at radius 3 is 2.19 bits per heavy atom. The first-order valence-corrected chi connectivity index (χ1v) is 11.3. The maximum atomic E-state index is 3.49. The molecule has 1 heteroatoms. The molecule has 6 atom stereocenters. The zero-order valence-electron chi connectivity index (χ0n) is 19.4. The lowest BCUT2D eigenvalue weighted by Crippen LogP contribution is -2.36. The average Bonchev–Trinajstić information content (AvgIpc) is 2.63. The van der Waals surface area contributed by atoms with Crippen LogP contribution in [0.25, 0.3) is 0 Å². The number of hydrogen-bond donors (Lipinski definition) is 1. The van der Waals surface area contributed by atoms with E-state index in [1.807, 2.05) is 0 Å². The second-order valence-electron chi connectivity index (χ2n) is 8.79. The van der Waals surface area contributed by atoms with Crippen molar-refractivity contribution >= 4 is 0 Å². The van der Waals surface area contributed by atoms with Gasteiger partial charge in [0.2, 0.25) is 0 Å². The lowest BCUT2D eigenvalue weighted by molar-refractivity contribution is 0.216. The summed E-state index contributed by atoms with van der Waals surface area (Å²) in [4.78, 5) is 0. The van der Waals surface area contributed by atoms with Gasteiger partial charge in [-0.1, -0.05) is 77.7 Å². The van der Waals surface area contributed by atoms with Crippen LogP contribution in [0.3, 0.4) is 0 Å². The van der Waals surface area contributed by atoms with E-state index in [0.717, 1.165) is 23.7 Å². The molecule has 154 valence electrons. The number of unbranched alkanes of at least 4 members (excludes halogenated alkanes) is 1. The molecule has 0 saturated heterocycles. The Morgan fingerprint density at radius 2 is 1.69 bits per heavy atom. The van der Waals surface area contributed by atoms with Crippen LogP contribution in [-0.4, -0.2) is 13.1 Å². The fourth-order valence-electron chi connectivity index (χ4n) is 4.21. The molecule has 0 rings (SSSR count). The zero-order valence-corrected chi connectivity index (χ0v) is 19.4. The molecule has 0 amide bonds. The van der Waals surface area contributed by atoms with Crippen LogP contribution in [0.5, 0.6) is 0 Å². The smallest absolute Gasteiger partial charge is 0.00696 e. The van der Waals surface area contributed by atoms with Crippen molar-refractivity contribution < 1.29 is 0 Å². The van der Waals surface area contributed by atoms with Gasteiger partial charge in [0.1, 0.15) is 0 Å². The van der Waals surface area contributed by atoms with Gasteiger partial charge in [0.05, 0.1) is 0 Å². The summed E-state index contributed by atoms with van der Waals surface area (Å²) in [7, 11) is 2.10. The molecular formula is C25H49N. The molecule has 0 saturated carbocycles. The third kappa shape index (κ3) is 9.40. The van der Waals surface area contributed by atoms with Crippen LogP contribution in [-0.2, 0) is 0 Å². The highest BCUT2D eigenvalue weighted by Crippen LogP contribution is 2.32. The Kier molecular flexibility index (Phi) is 14.2. The monoisotopic (exact) mass is 363 g/mol. The summed E-state index contributed by atoms with van der Waals surface area (Å²) in [5, 5.41) is 3.49. The van der Waals surface area contributed by atoms with Gasteiger partial charge in [0, 0.05) is 6.04 Å². The first kappa shape index (κ1) is 25.4. The summed E-state index contributed by atoms with van der Waals surface area (Å²) in [5.74, 6) is 3.70. The first-order valence-electron chi connectivity index (χ1n) is 11.3. The van der Waals surface area contributed by atoms with Crippen LogP contribution >= 0.6 is 0 Å². The van der Waals surface area contributed by atoms with Crippen LogP contribution in [0, 0.1) is 29.6 Å². The van der Waals surface area contributed by atoms with Crippen molar-refractivity contribution in [3.8, 4) is 0 Å². The van der Waals surface area contributed by atoms with Crippen molar-refractivity contribution in [3.63, 3.8) is 0 Å². The Morgan fingerprint density at radius 1 is 1.04 bits per heavy atom. The maximum absolute atomic E-state index is 3.49. The molecule has 0 spiro atoms. The van der Waals surface area contributed by atoms with Gasteiger partial charge in [0.25, 0.3) is 0 Å². The van der Waals surface area contributed by atoms with E-state index >= 15 is 0 Å². The van der Waals surface area contributed by atoms with E-state index in [-0.39, 0.29) is 0 Å². The fourth-order valence-corrected chi connectivity index (χ4v) is 4.21. The third-order valence-corrected chi connectivity index (χ3v) is 6.72. The second kappa shape index (κ2) is 14.5. The lowest BCUT2D eigenvalue weighted by atomic mass is 9.75. The molecule has 0 aliphatic carbocycles. The van der Waals surface area contributed by atoms with Gasteiger partial charge >= 0.3 is 0 Å². The number of rotatable bonds is 14. The highest BCUT2D eigenvalue weighted by atomic mass is 14.9. The topological polar surface area (TPSA) is 12.0 Å². The Labute approximate surface area is 166 Å². The molecular weight excluding hydrogens is 314 g/mol. The van der Waals surface area contributed by atoms with Crippen LogP contribution in [0.15, 0.2) is 23.8 Å². The molecule has 0 fully saturated rings. The molecule has 0 radical (unpaired) electrons.